The Morgan fingerprint density at radius 1 is 1.31 bits per heavy atom. The SMILES string of the molecule is CC(=O)NC(OC(C)C)c1ccc(Cl)cc1. The zero-order valence-electron chi connectivity index (χ0n) is 9.66. The van der Waals surface area contributed by atoms with Crippen LogP contribution >= 0.6 is 11.6 Å². The Morgan fingerprint density at radius 2 is 1.88 bits per heavy atom. The van der Waals surface area contributed by atoms with Gasteiger partial charge in [0.15, 0.2) is 6.23 Å². The molecule has 0 aromatic heterocycles. The van der Waals surface area contributed by atoms with Crippen molar-refractivity contribution in [3.8, 4) is 0 Å². The van der Waals surface area contributed by atoms with Gasteiger partial charge in [-0.25, -0.2) is 0 Å². The molecule has 0 aliphatic heterocycles. The van der Waals surface area contributed by atoms with Crippen LogP contribution in [0, 0.1) is 0 Å². The molecular weight excluding hydrogens is 226 g/mol. The van der Waals surface area contributed by atoms with Crippen molar-refractivity contribution < 1.29 is 9.53 Å². The molecule has 4 heteroatoms. The summed E-state index contributed by atoms with van der Waals surface area (Å²) in [5.41, 5.74) is 0.883. The van der Waals surface area contributed by atoms with Crippen LogP contribution in [0.4, 0.5) is 0 Å². The van der Waals surface area contributed by atoms with E-state index in [0.29, 0.717) is 5.02 Å². The van der Waals surface area contributed by atoms with E-state index in [9.17, 15) is 4.79 Å². The lowest BCUT2D eigenvalue weighted by Gasteiger charge is -2.21. The number of amides is 1. The Morgan fingerprint density at radius 3 is 2.31 bits per heavy atom. The van der Waals surface area contributed by atoms with E-state index in [-0.39, 0.29) is 12.0 Å². The first-order valence-electron chi connectivity index (χ1n) is 5.17. The number of rotatable bonds is 4. The normalized spacial score (nSPS) is 12.6. The van der Waals surface area contributed by atoms with Crippen LogP contribution in [0.15, 0.2) is 24.3 Å². The minimum Gasteiger partial charge on any atom is -0.352 e. The number of benzene rings is 1. The Kier molecular flexibility index (Phi) is 4.77. The highest BCUT2D eigenvalue weighted by Gasteiger charge is 2.14. The van der Waals surface area contributed by atoms with Gasteiger partial charge in [0.2, 0.25) is 5.91 Å². The minimum atomic E-state index is -0.422. The van der Waals surface area contributed by atoms with Crippen LogP contribution < -0.4 is 5.32 Å². The summed E-state index contributed by atoms with van der Waals surface area (Å²) >= 11 is 5.80. The van der Waals surface area contributed by atoms with Gasteiger partial charge in [-0.2, -0.15) is 0 Å². The van der Waals surface area contributed by atoms with Crippen LogP contribution in [0.1, 0.15) is 32.6 Å². The summed E-state index contributed by atoms with van der Waals surface area (Å²) in [5, 5.41) is 3.40. The van der Waals surface area contributed by atoms with E-state index in [1.54, 1.807) is 12.1 Å². The molecule has 1 N–H and O–H groups in total. The van der Waals surface area contributed by atoms with Gasteiger partial charge in [0.05, 0.1) is 6.10 Å². The molecular formula is C12H16ClNO2. The Hall–Kier alpha value is -1.06. The zero-order chi connectivity index (χ0) is 12.1. The Bertz CT molecular complexity index is 349. The van der Waals surface area contributed by atoms with Crippen molar-refractivity contribution in [1.82, 2.24) is 5.32 Å². The average Bonchev–Trinajstić information content (AvgIpc) is 2.16. The van der Waals surface area contributed by atoms with E-state index in [1.807, 2.05) is 26.0 Å². The number of ether oxygens (including phenoxy) is 1. The number of carbonyl (C=O) groups excluding carboxylic acids is 1. The molecule has 3 nitrogen and oxygen atoms in total. The van der Waals surface area contributed by atoms with Crippen molar-refractivity contribution in [1.29, 1.82) is 0 Å². The summed E-state index contributed by atoms with van der Waals surface area (Å²) in [7, 11) is 0. The summed E-state index contributed by atoms with van der Waals surface area (Å²) < 4.78 is 5.61. The van der Waals surface area contributed by atoms with E-state index in [2.05, 4.69) is 5.32 Å². The summed E-state index contributed by atoms with van der Waals surface area (Å²) in [6.07, 6.45) is -0.387. The van der Waals surface area contributed by atoms with Gasteiger partial charge in [-0.3, -0.25) is 4.79 Å². The molecule has 0 bridgehead atoms. The van der Waals surface area contributed by atoms with Gasteiger partial charge >= 0.3 is 0 Å². The fourth-order valence-electron chi connectivity index (χ4n) is 1.29. The molecule has 1 aromatic rings. The highest BCUT2D eigenvalue weighted by atomic mass is 35.5. The van der Waals surface area contributed by atoms with Crippen molar-refractivity contribution in [2.75, 3.05) is 0 Å². The topological polar surface area (TPSA) is 38.3 Å². The van der Waals surface area contributed by atoms with Crippen LogP contribution in [0.5, 0.6) is 0 Å². The summed E-state index contributed by atoms with van der Waals surface area (Å²) in [6.45, 7) is 5.31. The van der Waals surface area contributed by atoms with E-state index in [4.69, 9.17) is 16.3 Å². The van der Waals surface area contributed by atoms with Crippen LogP contribution in [-0.4, -0.2) is 12.0 Å². The molecule has 88 valence electrons. The second-order valence-corrected chi connectivity index (χ2v) is 4.25. The van der Waals surface area contributed by atoms with Crippen molar-refractivity contribution in [2.24, 2.45) is 0 Å². The van der Waals surface area contributed by atoms with Gasteiger partial charge < -0.3 is 10.1 Å². The van der Waals surface area contributed by atoms with Gasteiger partial charge in [0.1, 0.15) is 0 Å². The third-order valence-corrected chi connectivity index (χ3v) is 2.17. The van der Waals surface area contributed by atoms with Crippen LogP contribution in [0.3, 0.4) is 0 Å². The third kappa shape index (κ3) is 4.21. The van der Waals surface area contributed by atoms with Crippen molar-refractivity contribution >= 4 is 17.5 Å². The van der Waals surface area contributed by atoms with Crippen molar-refractivity contribution in [2.45, 2.75) is 33.1 Å². The predicted molar refractivity (Wildman–Crippen MR) is 64.2 cm³/mol. The molecule has 1 amide bonds. The number of nitrogens with one attached hydrogen (secondary N) is 1. The zero-order valence-corrected chi connectivity index (χ0v) is 10.4. The predicted octanol–water partition coefficient (Wildman–Crippen LogP) is 2.90. The Labute approximate surface area is 101 Å². The average molecular weight is 242 g/mol. The molecule has 0 saturated heterocycles. The van der Waals surface area contributed by atoms with E-state index >= 15 is 0 Å². The standard InChI is InChI=1S/C12H16ClNO2/c1-8(2)16-12(14-9(3)15)10-4-6-11(13)7-5-10/h4-8,12H,1-3H3,(H,14,15). The maximum atomic E-state index is 11.1. The highest BCUT2D eigenvalue weighted by Crippen LogP contribution is 2.19. The lowest BCUT2D eigenvalue weighted by Crippen LogP contribution is -2.29. The number of hydrogen-bond acceptors (Lipinski definition) is 2. The lowest BCUT2D eigenvalue weighted by molar-refractivity contribution is -0.124. The molecule has 0 heterocycles. The second-order valence-electron chi connectivity index (χ2n) is 3.82. The summed E-state index contributed by atoms with van der Waals surface area (Å²) in [4.78, 5) is 11.1. The molecule has 0 aliphatic carbocycles. The fourth-order valence-corrected chi connectivity index (χ4v) is 1.42. The maximum absolute atomic E-state index is 11.1. The minimum absolute atomic E-state index is 0.0347. The fraction of sp³-hybridized carbons (Fsp3) is 0.417. The molecule has 0 spiro atoms. The molecule has 1 aromatic carbocycles. The molecule has 0 fully saturated rings. The largest absolute Gasteiger partial charge is 0.352 e. The van der Waals surface area contributed by atoms with Gasteiger partial charge in [-0.1, -0.05) is 23.7 Å². The summed E-state index contributed by atoms with van der Waals surface area (Å²) in [6, 6.07) is 7.22. The van der Waals surface area contributed by atoms with Gasteiger partial charge in [0, 0.05) is 17.5 Å². The van der Waals surface area contributed by atoms with Crippen molar-refractivity contribution in [3.63, 3.8) is 0 Å². The first-order valence-corrected chi connectivity index (χ1v) is 5.55. The monoisotopic (exact) mass is 241 g/mol. The molecule has 0 aliphatic rings. The first kappa shape index (κ1) is 13.0. The van der Waals surface area contributed by atoms with Gasteiger partial charge in [-0.15, -0.1) is 0 Å². The molecule has 0 saturated carbocycles. The van der Waals surface area contributed by atoms with E-state index < -0.39 is 6.23 Å². The maximum Gasteiger partial charge on any atom is 0.219 e. The third-order valence-electron chi connectivity index (χ3n) is 1.92. The molecule has 1 rings (SSSR count). The first-order chi connectivity index (χ1) is 7.49. The quantitative estimate of drug-likeness (QED) is 0.824. The smallest absolute Gasteiger partial charge is 0.219 e. The van der Waals surface area contributed by atoms with Gasteiger partial charge in [0.25, 0.3) is 0 Å². The number of carbonyl (C=O) groups is 1. The van der Waals surface area contributed by atoms with Gasteiger partial charge in [-0.05, 0) is 26.0 Å². The highest BCUT2D eigenvalue weighted by molar-refractivity contribution is 6.30. The van der Waals surface area contributed by atoms with Crippen LogP contribution in [0.25, 0.3) is 0 Å². The lowest BCUT2D eigenvalue weighted by atomic mass is 10.2. The summed E-state index contributed by atoms with van der Waals surface area (Å²) in [5.74, 6) is -0.124. The van der Waals surface area contributed by atoms with Crippen molar-refractivity contribution in [3.05, 3.63) is 34.9 Å². The molecule has 16 heavy (non-hydrogen) atoms. The van der Waals surface area contributed by atoms with Crippen LogP contribution in [-0.2, 0) is 9.53 Å². The second kappa shape index (κ2) is 5.87. The molecule has 1 atom stereocenters. The van der Waals surface area contributed by atoms with E-state index in [1.165, 1.54) is 6.92 Å². The van der Waals surface area contributed by atoms with E-state index in [0.717, 1.165) is 5.56 Å². The number of halogens is 1. The Balaban J connectivity index is 2.82. The molecule has 1 unspecified atom stereocenters. The molecule has 0 radical (unpaired) electrons. The number of hydrogen-bond donors (Lipinski definition) is 1. The van der Waals surface area contributed by atoms with Crippen LogP contribution in [0.2, 0.25) is 5.02 Å².